The zero-order chi connectivity index (χ0) is 13.8. The Bertz CT molecular complexity index is 616. The van der Waals surface area contributed by atoms with Gasteiger partial charge in [-0.2, -0.15) is 0 Å². The number of nitrogens with zero attached hydrogens (tertiary/aromatic N) is 1. The molecule has 0 amide bonds. The van der Waals surface area contributed by atoms with Crippen LogP contribution >= 0.6 is 11.3 Å². The minimum Gasteiger partial charge on any atom is -0.478 e. The molecule has 19 heavy (non-hydrogen) atoms. The van der Waals surface area contributed by atoms with Crippen molar-refractivity contribution in [3.63, 3.8) is 0 Å². The van der Waals surface area contributed by atoms with E-state index in [1.165, 1.54) is 22.9 Å². The van der Waals surface area contributed by atoms with Crippen LogP contribution in [0.3, 0.4) is 0 Å². The average molecular weight is 277 g/mol. The molecule has 0 aromatic carbocycles. The van der Waals surface area contributed by atoms with Gasteiger partial charge in [-0.05, 0) is 23.9 Å². The first-order valence-corrected chi connectivity index (χ1v) is 7.00. The zero-order valence-electron chi connectivity index (χ0n) is 10.6. The molecule has 2 heterocycles. The quantitative estimate of drug-likeness (QED) is 0.914. The van der Waals surface area contributed by atoms with Crippen molar-refractivity contribution in [3.8, 4) is 0 Å². The molecule has 1 N–H and O–H groups in total. The van der Waals surface area contributed by atoms with Gasteiger partial charge in [-0.15, -0.1) is 11.3 Å². The molecule has 0 radical (unpaired) electrons. The van der Waals surface area contributed by atoms with Gasteiger partial charge in [0.15, 0.2) is 0 Å². The predicted molar refractivity (Wildman–Crippen MR) is 75.0 cm³/mol. The summed E-state index contributed by atoms with van der Waals surface area (Å²) in [4.78, 5) is 24.1. The molecule has 0 aliphatic carbocycles. The Hall–Kier alpha value is -1.88. The highest BCUT2D eigenvalue weighted by Gasteiger charge is 2.16. The Labute approximate surface area is 115 Å². The van der Waals surface area contributed by atoms with Crippen LogP contribution in [0.5, 0.6) is 0 Å². The molecule has 4 nitrogen and oxygen atoms in total. The van der Waals surface area contributed by atoms with Gasteiger partial charge in [0, 0.05) is 17.1 Å². The highest BCUT2D eigenvalue weighted by Crippen LogP contribution is 2.26. The monoisotopic (exact) mass is 277 g/mol. The Morgan fingerprint density at radius 1 is 1.42 bits per heavy atom. The summed E-state index contributed by atoms with van der Waals surface area (Å²) in [5.41, 5.74) is -0.0332. The average Bonchev–Trinajstić information content (AvgIpc) is 2.90. The van der Waals surface area contributed by atoms with E-state index in [4.69, 9.17) is 5.11 Å². The molecule has 5 heteroatoms. The van der Waals surface area contributed by atoms with E-state index in [1.54, 1.807) is 11.3 Å². The van der Waals surface area contributed by atoms with Crippen LogP contribution in [-0.4, -0.2) is 15.6 Å². The fourth-order valence-electron chi connectivity index (χ4n) is 2.05. The number of carboxylic acid groups (broad SMARTS) is 1. The molecule has 1 atom stereocenters. The molecule has 2 rings (SSSR count). The van der Waals surface area contributed by atoms with E-state index in [2.05, 4.69) is 0 Å². The molecule has 2 aromatic rings. The van der Waals surface area contributed by atoms with Gasteiger partial charge in [0.1, 0.15) is 0 Å². The van der Waals surface area contributed by atoms with Gasteiger partial charge in [0.25, 0.3) is 5.56 Å². The van der Waals surface area contributed by atoms with Crippen LogP contribution < -0.4 is 5.56 Å². The summed E-state index contributed by atoms with van der Waals surface area (Å²) < 4.78 is 1.53. The van der Waals surface area contributed by atoms with Gasteiger partial charge in [-0.1, -0.05) is 19.4 Å². The molecule has 0 bridgehead atoms. The number of hydrogen-bond acceptors (Lipinski definition) is 3. The number of thiophene rings is 1. The summed E-state index contributed by atoms with van der Waals surface area (Å²) >= 11 is 1.58. The lowest BCUT2D eigenvalue weighted by atomic mass is 10.1. The smallest absolute Gasteiger partial charge is 0.337 e. The van der Waals surface area contributed by atoms with Crippen LogP contribution in [-0.2, 0) is 0 Å². The first-order chi connectivity index (χ1) is 9.13. The van der Waals surface area contributed by atoms with E-state index >= 15 is 0 Å². The normalized spacial score (nSPS) is 12.3. The van der Waals surface area contributed by atoms with E-state index in [-0.39, 0.29) is 17.2 Å². The van der Waals surface area contributed by atoms with E-state index in [0.29, 0.717) is 0 Å². The largest absolute Gasteiger partial charge is 0.478 e. The lowest BCUT2D eigenvalue weighted by Crippen LogP contribution is -2.25. The Kier molecular flexibility index (Phi) is 4.16. The Morgan fingerprint density at radius 2 is 2.21 bits per heavy atom. The number of rotatable bonds is 5. The zero-order valence-corrected chi connectivity index (χ0v) is 11.4. The molecule has 0 saturated heterocycles. The summed E-state index contributed by atoms with van der Waals surface area (Å²) in [7, 11) is 0. The second kappa shape index (κ2) is 5.84. The molecule has 0 saturated carbocycles. The van der Waals surface area contributed by atoms with Crippen LogP contribution in [0.1, 0.15) is 41.0 Å². The van der Waals surface area contributed by atoms with Gasteiger partial charge in [0.05, 0.1) is 11.6 Å². The maximum absolute atomic E-state index is 12.0. The highest BCUT2D eigenvalue weighted by atomic mass is 32.1. The summed E-state index contributed by atoms with van der Waals surface area (Å²) in [6, 6.07) is 6.49. The van der Waals surface area contributed by atoms with Crippen LogP contribution in [0, 0.1) is 0 Å². The summed E-state index contributed by atoms with van der Waals surface area (Å²) in [5.74, 6) is -1.02. The van der Waals surface area contributed by atoms with E-state index in [9.17, 15) is 9.59 Å². The van der Waals surface area contributed by atoms with Crippen molar-refractivity contribution in [1.82, 2.24) is 4.57 Å². The van der Waals surface area contributed by atoms with Crippen molar-refractivity contribution in [2.24, 2.45) is 0 Å². The van der Waals surface area contributed by atoms with Gasteiger partial charge >= 0.3 is 5.97 Å². The van der Waals surface area contributed by atoms with Crippen LogP contribution in [0.25, 0.3) is 0 Å². The van der Waals surface area contributed by atoms with Crippen LogP contribution in [0.15, 0.2) is 40.6 Å². The van der Waals surface area contributed by atoms with Gasteiger partial charge in [-0.3, -0.25) is 4.79 Å². The third-order valence-corrected chi connectivity index (χ3v) is 3.93. The summed E-state index contributed by atoms with van der Waals surface area (Å²) in [6.45, 7) is 2.05. The van der Waals surface area contributed by atoms with Crippen molar-refractivity contribution < 1.29 is 9.90 Å². The first-order valence-electron chi connectivity index (χ1n) is 6.12. The summed E-state index contributed by atoms with van der Waals surface area (Å²) in [6.07, 6.45) is 3.17. The number of pyridine rings is 1. The fraction of sp³-hybridized carbons (Fsp3) is 0.286. The van der Waals surface area contributed by atoms with Crippen molar-refractivity contribution in [3.05, 3.63) is 56.6 Å². The number of aromatic carboxylic acids is 1. The third-order valence-electron chi connectivity index (χ3n) is 2.95. The number of carbonyl (C=O) groups is 1. The van der Waals surface area contributed by atoms with Gasteiger partial charge in [-0.25, -0.2) is 4.79 Å². The number of carboxylic acids is 1. The Morgan fingerprint density at radius 3 is 2.79 bits per heavy atom. The highest BCUT2D eigenvalue weighted by molar-refractivity contribution is 7.10. The lowest BCUT2D eigenvalue weighted by molar-refractivity contribution is 0.0695. The second-order valence-corrected chi connectivity index (χ2v) is 5.27. The molecular weight excluding hydrogens is 262 g/mol. The SMILES string of the molecule is CCCC(c1cccs1)n1cc(C(=O)O)ccc1=O. The molecule has 100 valence electrons. The lowest BCUT2D eigenvalue weighted by Gasteiger charge is -2.18. The van der Waals surface area contributed by atoms with E-state index in [1.807, 2.05) is 24.4 Å². The molecular formula is C14H15NO3S. The van der Waals surface area contributed by atoms with Crippen molar-refractivity contribution in [2.75, 3.05) is 0 Å². The fourth-order valence-corrected chi connectivity index (χ4v) is 2.91. The first kappa shape index (κ1) is 13.5. The molecule has 0 aliphatic rings. The number of hydrogen-bond donors (Lipinski definition) is 1. The third kappa shape index (κ3) is 2.93. The van der Waals surface area contributed by atoms with Gasteiger partial charge in [0.2, 0.25) is 0 Å². The molecule has 0 spiro atoms. The van der Waals surface area contributed by atoms with E-state index in [0.717, 1.165) is 17.7 Å². The van der Waals surface area contributed by atoms with Crippen LogP contribution in [0.4, 0.5) is 0 Å². The van der Waals surface area contributed by atoms with E-state index < -0.39 is 5.97 Å². The Balaban J connectivity index is 2.50. The molecule has 0 aliphatic heterocycles. The number of aromatic nitrogens is 1. The maximum Gasteiger partial charge on any atom is 0.337 e. The molecule has 1 unspecified atom stereocenters. The van der Waals surface area contributed by atoms with Gasteiger partial charge < -0.3 is 9.67 Å². The minimum atomic E-state index is -1.02. The topological polar surface area (TPSA) is 59.3 Å². The molecule has 2 aromatic heterocycles. The van der Waals surface area contributed by atoms with Crippen molar-refractivity contribution in [1.29, 1.82) is 0 Å². The molecule has 0 fully saturated rings. The van der Waals surface area contributed by atoms with Crippen molar-refractivity contribution in [2.45, 2.75) is 25.8 Å². The van der Waals surface area contributed by atoms with Crippen molar-refractivity contribution >= 4 is 17.3 Å². The summed E-state index contributed by atoms with van der Waals surface area (Å²) in [5, 5.41) is 11.0. The minimum absolute atomic E-state index is 0.0863. The maximum atomic E-state index is 12.0. The van der Waals surface area contributed by atoms with Crippen LogP contribution in [0.2, 0.25) is 0 Å². The predicted octanol–water partition coefficient (Wildman–Crippen LogP) is 3.00. The second-order valence-electron chi connectivity index (χ2n) is 4.29. The standard InChI is InChI=1S/C14H15NO3S/c1-2-4-11(12-5-3-8-19-12)15-9-10(14(17)18)6-7-13(15)16/h3,5-9,11H,2,4H2,1H3,(H,17,18).